The van der Waals surface area contributed by atoms with E-state index in [0.29, 0.717) is 0 Å². The van der Waals surface area contributed by atoms with E-state index in [2.05, 4.69) is 11.8 Å². The van der Waals surface area contributed by atoms with E-state index in [1.807, 2.05) is 0 Å². The molecule has 0 fully saturated rings. The zero-order valence-electron chi connectivity index (χ0n) is 12.7. The van der Waals surface area contributed by atoms with Crippen molar-refractivity contribution in [3.8, 4) is 0 Å². The van der Waals surface area contributed by atoms with Crippen molar-refractivity contribution >= 4 is 0 Å². The molecule has 0 aliphatic rings. The van der Waals surface area contributed by atoms with E-state index in [1.165, 1.54) is 77.0 Å². The molecule has 0 atom stereocenters. The molecular formula is C16H34O2. The van der Waals surface area contributed by atoms with Crippen LogP contribution in [-0.4, -0.2) is 13.7 Å². The van der Waals surface area contributed by atoms with Crippen LogP contribution in [-0.2, 0) is 9.78 Å². The molecule has 0 spiro atoms. The summed E-state index contributed by atoms with van der Waals surface area (Å²) in [7, 11) is 1.57. The summed E-state index contributed by atoms with van der Waals surface area (Å²) in [5.74, 6) is 0. The SMILES string of the molecule is CCCCCCCCCCCCCCCOOC. The molecule has 110 valence electrons. The molecular weight excluding hydrogens is 224 g/mol. The highest BCUT2D eigenvalue weighted by atomic mass is 17.2. The summed E-state index contributed by atoms with van der Waals surface area (Å²) in [6.45, 7) is 3.02. The standard InChI is InChI=1S/C16H34O2/c1-3-4-5-6-7-8-9-10-11-12-13-14-15-16-18-17-2/h3-16H2,1-2H3. The molecule has 0 bridgehead atoms. The van der Waals surface area contributed by atoms with Gasteiger partial charge in [-0.1, -0.05) is 84.0 Å². The third kappa shape index (κ3) is 15.9. The van der Waals surface area contributed by atoms with Gasteiger partial charge >= 0.3 is 0 Å². The third-order valence-electron chi connectivity index (χ3n) is 3.45. The molecule has 0 aliphatic carbocycles. The summed E-state index contributed by atoms with van der Waals surface area (Å²) in [6.07, 6.45) is 18.0. The first-order chi connectivity index (χ1) is 8.91. The molecule has 0 aromatic rings. The van der Waals surface area contributed by atoms with Gasteiger partial charge in [0, 0.05) is 0 Å². The van der Waals surface area contributed by atoms with E-state index in [9.17, 15) is 0 Å². The lowest BCUT2D eigenvalue weighted by Crippen LogP contribution is -1.92. The van der Waals surface area contributed by atoms with Crippen molar-refractivity contribution in [1.29, 1.82) is 0 Å². The van der Waals surface area contributed by atoms with Crippen LogP contribution < -0.4 is 0 Å². The van der Waals surface area contributed by atoms with Crippen LogP contribution in [0.4, 0.5) is 0 Å². The fourth-order valence-electron chi connectivity index (χ4n) is 2.26. The fraction of sp³-hybridized carbons (Fsp3) is 1.00. The van der Waals surface area contributed by atoms with Crippen molar-refractivity contribution in [1.82, 2.24) is 0 Å². The van der Waals surface area contributed by atoms with Gasteiger partial charge in [-0.2, -0.15) is 0 Å². The Kier molecular flexibility index (Phi) is 16.8. The Morgan fingerprint density at radius 3 is 1.33 bits per heavy atom. The van der Waals surface area contributed by atoms with Crippen LogP contribution in [0, 0.1) is 0 Å². The minimum atomic E-state index is 0.744. The summed E-state index contributed by atoms with van der Waals surface area (Å²) in [5.41, 5.74) is 0. The Morgan fingerprint density at radius 1 is 0.556 bits per heavy atom. The highest BCUT2D eigenvalue weighted by Crippen LogP contribution is 2.12. The van der Waals surface area contributed by atoms with E-state index in [1.54, 1.807) is 7.11 Å². The highest BCUT2D eigenvalue weighted by molar-refractivity contribution is 4.48. The fourth-order valence-corrected chi connectivity index (χ4v) is 2.26. The molecule has 0 rings (SSSR count). The van der Waals surface area contributed by atoms with Crippen LogP contribution >= 0.6 is 0 Å². The zero-order chi connectivity index (χ0) is 13.3. The first kappa shape index (κ1) is 17.9. The van der Waals surface area contributed by atoms with Crippen molar-refractivity contribution in [2.45, 2.75) is 90.4 Å². The van der Waals surface area contributed by atoms with Crippen LogP contribution in [0.1, 0.15) is 90.4 Å². The van der Waals surface area contributed by atoms with E-state index >= 15 is 0 Å². The van der Waals surface area contributed by atoms with Gasteiger partial charge in [0.15, 0.2) is 0 Å². The minimum Gasteiger partial charge on any atom is -0.240 e. The van der Waals surface area contributed by atoms with Crippen LogP contribution in [0.3, 0.4) is 0 Å². The van der Waals surface area contributed by atoms with Crippen LogP contribution in [0.2, 0.25) is 0 Å². The molecule has 0 aromatic heterocycles. The third-order valence-corrected chi connectivity index (χ3v) is 3.45. The van der Waals surface area contributed by atoms with E-state index in [-0.39, 0.29) is 0 Å². The van der Waals surface area contributed by atoms with Gasteiger partial charge in [0.25, 0.3) is 0 Å². The predicted octanol–water partition coefficient (Wildman–Crippen LogP) is 5.66. The monoisotopic (exact) mass is 258 g/mol. The lowest BCUT2D eigenvalue weighted by Gasteiger charge is -2.03. The second kappa shape index (κ2) is 16.9. The average Bonchev–Trinajstić information content (AvgIpc) is 2.39. The zero-order valence-corrected chi connectivity index (χ0v) is 12.7. The Balaban J connectivity index is 2.86. The molecule has 2 heteroatoms. The molecule has 0 heterocycles. The number of hydrogen-bond acceptors (Lipinski definition) is 2. The maximum absolute atomic E-state index is 4.83. The first-order valence-electron chi connectivity index (χ1n) is 8.07. The van der Waals surface area contributed by atoms with Gasteiger partial charge in [0.05, 0.1) is 13.7 Å². The van der Waals surface area contributed by atoms with Gasteiger partial charge < -0.3 is 0 Å². The van der Waals surface area contributed by atoms with E-state index in [4.69, 9.17) is 4.89 Å². The van der Waals surface area contributed by atoms with Gasteiger partial charge in [0.2, 0.25) is 0 Å². The molecule has 2 nitrogen and oxygen atoms in total. The first-order valence-corrected chi connectivity index (χ1v) is 8.07. The lowest BCUT2D eigenvalue weighted by atomic mass is 10.0. The predicted molar refractivity (Wildman–Crippen MR) is 78.7 cm³/mol. The molecule has 0 aromatic carbocycles. The summed E-state index contributed by atoms with van der Waals surface area (Å²) < 4.78 is 0. The van der Waals surface area contributed by atoms with Crippen molar-refractivity contribution < 1.29 is 9.78 Å². The number of hydrogen-bond donors (Lipinski definition) is 0. The van der Waals surface area contributed by atoms with Gasteiger partial charge in [0.1, 0.15) is 0 Å². The normalized spacial score (nSPS) is 11.0. The summed E-state index contributed by atoms with van der Waals surface area (Å²) >= 11 is 0. The average molecular weight is 258 g/mol. The van der Waals surface area contributed by atoms with Crippen LogP contribution in [0.5, 0.6) is 0 Å². The molecule has 0 aliphatic heterocycles. The maximum atomic E-state index is 4.83. The smallest absolute Gasteiger partial charge is 0.0822 e. The molecule has 0 unspecified atom stereocenters. The number of unbranched alkanes of at least 4 members (excludes halogenated alkanes) is 12. The Morgan fingerprint density at radius 2 is 0.944 bits per heavy atom. The van der Waals surface area contributed by atoms with Gasteiger partial charge in [-0.25, -0.2) is 9.78 Å². The molecule has 0 N–H and O–H groups in total. The molecule has 0 saturated carbocycles. The number of rotatable bonds is 15. The quantitative estimate of drug-likeness (QED) is 0.214. The molecule has 18 heavy (non-hydrogen) atoms. The van der Waals surface area contributed by atoms with Crippen LogP contribution in [0.15, 0.2) is 0 Å². The van der Waals surface area contributed by atoms with Crippen molar-refractivity contribution in [2.24, 2.45) is 0 Å². The van der Waals surface area contributed by atoms with E-state index < -0.39 is 0 Å². The second-order valence-corrected chi connectivity index (χ2v) is 5.23. The highest BCUT2D eigenvalue weighted by Gasteiger charge is 1.93. The van der Waals surface area contributed by atoms with Crippen molar-refractivity contribution in [3.05, 3.63) is 0 Å². The topological polar surface area (TPSA) is 18.5 Å². The van der Waals surface area contributed by atoms with Crippen LogP contribution in [0.25, 0.3) is 0 Å². The Bertz CT molecular complexity index is 121. The van der Waals surface area contributed by atoms with E-state index in [0.717, 1.165) is 13.0 Å². The minimum absolute atomic E-state index is 0.744. The molecule has 0 amide bonds. The molecule has 0 radical (unpaired) electrons. The van der Waals surface area contributed by atoms with Gasteiger partial charge in [-0.15, -0.1) is 0 Å². The van der Waals surface area contributed by atoms with Gasteiger partial charge in [-0.3, -0.25) is 0 Å². The van der Waals surface area contributed by atoms with Crippen molar-refractivity contribution in [2.75, 3.05) is 13.7 Å². The second-order valence-electron chi connectivity index (χ2n) is 5.23. The largest absolute Gasteiger partial charge is 0.240 e. The lowest BCUT2D eigenvalue weighted by molar-refractivity contribution is -0.272. The Hall–Kier alpha value is -0.0800. The van der Waals surface area contributed by atoms with Gasteiger partial charge in [-0.05, 0) is 6.42 Å². The van der Waals surface area contributed by atoms with Crippen molar-refractivity contribution in [3.63, 3.8) is 0 Å². The maximum Gasteiger partial charge on any atom is 0.0822 e. The summed E-state index contributed by atoms with van der Waals surface area (Å²) in [5, 5.41) is 0. The molecule has 0 saturated heterocycles. The summed E-state index contributed by atoms with van der Waals surface area (Å²) in [4.78, 5) is 9.38. The summed E-state index contributed by atoms with van der Waals surface area (Å²) in [6, 6.07) is 0. The Labute approximate surface area is 114 Å².